The number of benzene rings is 2. The van der Waals surface area contributed by atoms with Gasteiger partial charge in [-0.25, -0.2) is 0 Å². The molecule has 0 atom stereocenters. The van der Waals surface area contributed by atoms with Crippen molar-refractivity contribution in [3.8, 4) is 11.5 Å². The maximum absolute atomic E-state index is 12.0. The average Bonchev–Trinajstić information content (AvgIpc) is 2.26. The van der Waals surface area contributed by atoms with Crippen LogP contribution < -0.4 is 5.32 Å². The second-order valence-electron chi connectivity index (χ2n) is 4.14. The lowest BCUT2D eigenvalue weighted by Gasteiger charge is -2.09. The number of phenolic OH excluding ortho intramolecular Hbond substituents is 2. The lowest BCUT2D eigenvalue weighted by atomic mass is 10.1. The van der Waals surface area contributed by atoms with E-state index >= 15 is 0 Å². The van der Waals surface area contributed by atoms with E-state index < -0.39 is 5.91 Å². The number of amides is 1. The van der Waals surface area contributed by atoms with Crippen molar-refractivity contribution < 1.29 is 15.0 Å². The van der Waals surface area contributed by atoms with Crippen molar-refractivity contribution in [3.05, 3.63) is 52.0 Å². The van der Waals surface area contributed by atoms with E-state index in [1.54, 1.807) is 12.1 Å². The Balaban J connectivity index is 2.31. The van der Waals surface area contributed by atoms with Crippen LogP contribution in [0.15, 0.2) is 40.9 Å². The van der Waals surface area contributed by atoms with Gasteiger partial charge in [0.15, 0.2) is 0 Å². The van der Waals surface area contributed by atoms with Gasteiger partial charge >= 0.3 is 0 Å². The van der Waals surface area contributed by atoms with E-state index in [1.165, 1.54) is 18.2 Å². The minimum atomic E-state index is -0.562. The summed E-state index contributed by atoms with van der Waals surface area (Å²) < 4.78 is 0.837. The molecule has 0 bridgehead atoms. The Kier molecular flexibility index (Phi) is 3.76. The van der Waals surface area contributed by atoms with Gasteiger partial charge in [0.25, 0.3) is 5.91 Å². The molecule has 19 heavy (non-hydrogen) atoms. The van der Waals surface area contributed by atoms with Crippen molar-refractivity contribution >= 4 is 27.5 Å². The highest BCUT2D eigenvalue weighted by Crippen LogP contribution is 2.27. The van der Waals surface area contributed by atoms with Gasteiger partial charge in [-0.1, -0.05) is 22.0 Å². The molecule has 0 heterocycles. The average molecular weight is 322 g/mol. The zero-order chi connectivity index (χ0) is 14.0. The number of hydrogen-bond donors (Lipinski definition) is 3. The van der Waals surface area contributed by atoms with Crippen LogP contribution in [0.2, 0.25) is 0 Å². The number of carbonyl (C=O) groups excluding carboxylic acids is 1. The monoisotopic (exact) mass is 321 g/mol. The molecule has 0 saturated heterocycles. The maximum Gasteiger partial charge on any atom is 0.263 e. The third-order valence-electron chi connectivity index (χ3n) is 2.55. The number of aromatic hydroxyl groups is 2. The number of halogens is 1. The van der Waals surface area contributed by atoms with E-state index in [9.17, 15) is 15.0 Å². The molecule has 4 nitrogen and oxygen atoms in total. The number of hydrogen-bond acceptors (Lipinski definition) is 3. The fourth-order valence-electron chi connectivity index (χ4n) is 1.76. The summed E-state index contributed by atoms with van der Waals surface area (Å²) in [6.07, 6.45) is 0. The highest BCUT2D eigenvalue weighted by atomic mass is 79.9. The molecule has 0 aliphatic rings. The standard InChI is InChI=1S/C14H12BrNO3/c1-8-5-9(15)7-10(6-8)16-14(19)13-11(17)3-2-4-12(13)18/h2-7,17-18H,1H3,(H,16,19). The Morgan fingerprint density at radius 3 is 2.37 bits per heavy atom. The molecule has 0 aromatic heterocycles. The molecule has 0 aliphatic heterocycles. The van der Waals surface area contributed by atoms with Crippen LogP contribution in [0.4, 0.5) is 5.69 Å². The molecule has 0 radical (unpaired) electrons. The van der Waals surface area contributed by atoms with Crippen LogP contribution >= 0.6 is 15.9 Å². The minimum Gasteiger partial charge on any atom is -0.507 e. The van der Waals surface area contributed by atoms with E-state index in [-0.39, 0.29) is 17.1 Å². The molecule has 5 heteroatoms. The van der Waals surface area contributed by atoms with Gasteiger partial charge in [0, 0.05) is 10.2 Å². The summed E-state index contributed by atoms with van der Waals surface area (Å²) >= 11 is 3.34. The van der Waals surface area contributed by atoms with Gasteiger partial charge in [-0.2, -0.15) is 0 Å². The summed E-state index contributed by atoms with van der Waals surface area (Å²) in [6.45, 7) is 1.90. The lowest BCUT2D eigenvalue weighted by Crippen LogP contribution is -2.12. The van der Waals surface area contributed by atoms with E-state index in [4.69, 9.17) is 0 Å². The fraction of sp³-hybridized carbons (Fsp3) is 0.0714. The van der Waals surface area contributed by atoms with Crippen LogP contribution in [0.3, 0.4) is 0 Å². The first-order valence-corrected chi connectivity index (χ1v) is 6.36. The number of nitrogens with one attached hydrogen (secondary N) is 1. The molecule has 2 aromatic carbocycles. The Hall–Kier alpha value is -2.01. The third-order valence-corrected chi connectivity index (χ3v) is 3.01. The topological polar surface area (TPSA) is 69.6 Å². The Morgan fingerprint density at radius 1 is 1.16 bits per heavy atom. The maximum atomic E-state index is 12.0. The zero-order valence-electron chi connectivity index (χ0n) is 10.1. The molecule has 0 unspecified atom stereocenters. The predicted molar refractivity (Wildman–Crippen MR) is 76.6 cm³/mol. The van der Waals surface area contributed by atoms with Crippen molar-refractivity contribution in [2.75, 3.05) is 5.32 Å². The first-order chi connectivity index (χ1) is 8.97. The molecule has 98 valence electrons. The van der Waals surface area contributed by atoms with E-state index in [0.29, 0.717) is 5.69 Å². The molecule has 0 saturated carbocycles. The Morgan fingerprint density at radius 2 is 1.79 bits per heavy atom. The highest BCUT2D eigenvalue weighted by molar-refractivity contribution is 9.10. The van der Waals surface area contributed by atoms with Crippen LogP contribution in [0.25, 0.3) is 0 Å². The van der Waals surface area contributed by atoms with Crippen LogP contribution in [0.5, 0.6) is 11.5 Å². The molecular weight excluding hydrogens is 310 g/mol. The smallest absolute Gasteiger partial charge is 0.263 e. The summed E-state index contributed by atoms with van der Waals surface area (Å²) in [4.78, 5) is 12.0. The SMILES string of the molecule is Cc1cc(Br)cc(NC(=O)c2c(O)cccc2O)c1. The predicted octanol–water partition coefficient (Wildman–Crippen LogP) is 3.42. The second kappa shape index (κ2) is 5.32. The van der Waals surface area contributed by atoms with Crippen LogP contribution in [0.1, 0.15) is 15.9 Å². The normalized spacial score (nSPS) is 10.2. The summed E-state index contributed by atoms with van der Waals surface area (Å²) in [5.41, 5.74) is 1.42. The van der Waals surface area contributed by atoms with E-state index in [0.717, 1.165) is 10.0 Å². The van der Waals surface area contributed by atoms with Gasteiger partial charge in [-0.05, 0) is 42.8 Å². The van der Waals surface area contributed by atoms with E-state index in [2.05, 4.69) is 21.2 Å². The van der Waals surface area contributed by atoms with Gasteiger partial charge in [0.05, 0.1) is 0 Å². The van der Waals surface area contributed by atoms with Gasteiger partial charge in [-0.3, -0.25) is 4.79 Å². The molecular formula is C14H12BrNO3. The van der Waals surface area contributed by atoms with Gasteiger partial charge in [0.2, 0.25) is 0 Å². The molecule has 0 fully saturated rings. The summed E-state index contributed by atoms with van der Waals surface area (Å²) in [6, 6.07) is 9.60. The molecule has 3 N–H and O–H groups in total. The van der Waals surface area contributed by atoms with Crippen LogP contribution in [0, 0.1) is 6.92 Å². The van der Waals surface area contributed by atoms with Crippen LogP contribution in [-0.2, 0) is 0 Å². The van der Waals surface area contributed by atoms with E-state index in [1.807, 2.05) is 13.0 Å². The summed E-state index contributed by atoms with van der Waals surface area (Å²) in [5, 5.41) is 21.9. The number of aryl methyl sites for hydroxylation is 1. The zero-order valence-corrected chi connectivity index (χ0v) is 11.7. The van der Waals surface area contributed by atoms with Crippen LogP contribution in [-0.4, -0.2) is 16.1 Å². The quantitative estimate of drug-likeness (QED) is 0.793. The van der Waals surface area contributed by atoms with Crippen molar-refractivity contribution in [2.24, 2.45) is 0 Å². The van der Waals surface area contributed by atoms with Gasteiger partial charge < -0.3 is 15.5 Å². The largest absolute Gasteiger partial charge is 0.507 e. The first kappa shape index (κ1) is 13.4. The Labute approximate surface area is 118 Å². The van der Waals surface area contributed by atoms with Crippen molar-refractivity contribution in [1.29, 1.82) is 0 Å². The van der Waals surface area contributed by atoms with Crippen molar-refractivity contribution in [3.63, 3.8) is 0 Å². The molecule has 2 rings (SSSR count). The summed E-state index contributed by atoms with van der Waals surface area (Å²) in [7, 11) is 0. The molecule has 1 amide bonds. The fourth-order valence-corrected chi connectivity index (χ4v) is 2.37. The second-order valence-corrected chi connectivity index (χ2v) is 5.06. The third kappa shape index (κ3) is 3.06. The number of carbonyl (C=O) groups is 1. The molecule has 0 spiro atoms. The summed E-state index contributed by atoms with van der Waals surface area (Å²) in [5.74, 6) is -1.08. The minimum absolute atomic E-state index is 0.139. The Bertz CT molecular complexity index is 600. The number of phenols is 2. The van der Waals surface area contributed by atoms with Crippen molar-refractivity contribution in [1.82, 2.24) is 0 Å². The number of rotatable bonds is 2. The van der Waals surface area contributed by atoms with Gasteiger partial charge in [0.1, 0.15) is 17.1 Å². The lowest BCUT2D eigenvalue weighted by molar-refractivity contribution is 0.102. The van der Waals surface area contributed by atoms with Gasteiger partial charge in [-0.15, -0.1) is 0 Å². The first-order valence-electron chi connectivity index (χ1n) is 5.57. The van der Waals surface area contributed by atoms with Crippen molar-refractivity contribution in [2.45, 2.75) is 6.92 Å². The number of anilines is 1. The molecule has 2 aromatic rings. The molecule has 0 aliphatic carbocycles. The highest BCUT2D eigenvalue weighted by Gasteiger charge is 2.16.